The Morgan fingerprint density at radius 2 is 2.19 bits per heavy atom. The molecule has 0 aromatic carbocycles. The third-order valence-corrected chi connectivity index (χ3v) is 2.31. The Kier molecular flexibility index (Phi) is 6.03. The molecular weight excluding hydrogens is 206 g/mol. The van der Waals surface area contributed by atoms with E-state index >= 15 is 0 Å². The summed E-state index contributed by atoms with van der Waals surface area (Å²) in [6, 6.07) is -0.288. The van der Waals surface area contributed by atoms with E-state index in [-0.39, 0.29) is 6.04 Å². The first-order chi connectivity index (χ1) is 7.77. The number of aromatic nitrogens is 2. The van der Waals surface area contributed by atoms with Gasteiger partial charge in [0.25, 0.3) is 0 Å². The smallest absolute Gasteiger partial charge is 0.226 e. The predicted molar refractivity (Wildman–Crippen MR) is 60.9 cm³/mol. The van der Waals surface area contributed by atoms with Gasteiger partial charge in [0.15, 0.2) is 5.82 Å². The second-order valence-corrected chi connectivity index (χ2v) is 3.77. The molecule has 5 heteroatoms. The van der Waals surface area contributed by atoms with E-state index in [9.17, 15) is 0 Å². The summed E-state index contributed by atoms with van der Waals surface area (Å²) in [7, 11) is 0. The van der Waals surface area contributed by atoms with Crippen LogP contribution >= 0.6 is 0 Å². The Balaban J connectivity index is 2.37. The molecule has 0 aliphatic rings. The van der Waals surface area contributed by atoms with E-state index in [4.69, 9.17) is 15.0 Å². The van der Waals surface area contributed by atoms with Crippen LogP contribution in [0.1, 0.15) is 50.9 Å². The average molecular weight is 227 g/mol. The summed E-state index contributed by atoms with van der Waals surface area (Å²) in [4.78, 5) is 4.25. The normalized spacial score (nSPS) is 12.9. The highest BCUT2D eigenvalue weighted by molar-refractivity contribution is 4.93. The van der Waals surface area contributed by atoms with Crippen molar-refractivity contribution in [2.75, 3.05) is 13.2 Å². The lowest BCUT2D eigenvalue weighted by Gasteiger charge is -2.05. The van der Waals surface area contributed by atoms with Gasteiger partial charge in [-0.1, -0.05) is 24.9 Å². The molecule has 0 radical (unpaired) electrons. The SMILES string of the molecule is CCCCCc1nc(C(N)COCC)no1. The van der Waals surface area contributed by atoms with Crippen LogP contribution in [0.3, 0.4) is 0 Å². The molecule has 0 amide bonds. The third-order valence-electron chi connectivity index (χ3n) is 2.31. The molecule has 0 fully saturated rings. The molecule has 0 spiro atoms. The van der Waals surface area contributed by atoms with Gasteiger partial charge in [-0.25, -0.2) is 0 Å². The van der Waals surface area contributed by atoms with Crippen LogP contribution in [0.15, 0.2) is 4.52 Å². The fourth-order valence-electron chi connectivity index (χ4n) is 1.37. The standard InChI is InChI=1S/C11H21N3O2/c1-3-5-6-7-10-13-11(14-16-10)9(12)8-15-4-2/h9H,3-8,12H2,1-2H3. The van der Waals surface area contributed by atoms with Crippen molar-refractivity contribution in [1.82, 2.24) is 10.1 Å². The van der Waals surface area contributed by atoms with Crippen molar-refractivity contribution in [3.05, 3.63) is 11.7 Å². The van der Waals surface area contributed by atoms with Gasteiger partial charge in [-0.2, -0.15) is 4.98 Å². The van der Waals surface area contributed by atoms with Crippen molar-refractivity contribution >= 4 is 0 Å². The van der Waals surface area contributed by atoms with Crippen molar-refractivity contribution in [3.8, 4) is 0 Å². The van der Waals surface area contributed by atoms with Crippen molar-refractivity contribution in [1.29, 1.82) is 0 Å². The monoisotopic (exact) mass is 227 g/mol. The minimum atomic E-state index is -0.288. The van der Waals surface area contributed by atoms with Crippen LogP contribution in [0.4, 0.5) is 0 Å². The molecule has 92 valence electrons. The van der Waals surface area contributed by atoms with Crippen LogP contribution in [0.5, 0.6) is 0 Å². The van der Waals surface area contributed by atoms with Gasteiger partial charge in [-0.05, 0) is 13.3 Å². The van der Waals surface area contributed by atoms with E-state index in [0.29, 0.717) is 24.9 Å². The van der Waals surface area contributed by atoms with Gasteiger partial charge >= 0.3 is 0 Å². The largest absolute Gasteiger partial charge is 0.380 e. The maximum atomic E-state index is 5.84. The number of hydrogen-bond acceptors (Lipinski definition) is 5. The van der Waals surface area contributed by atoms with Gasteiger partial charge in [-0.3, -0.25) is 0 Å². The quantitative estimate of drug-likeness (QED) is 0.686. The molecule has 0 saturated heterocycles. The predicted octanol–water partition coefficient (Wildman–Crippen LogP) is 1.84. The summed E-state index contributed by atoms with van der Waals surface area (Å²) in [6.07, 6.45) is 4.29. The zero-order valence-electron chi connectivity index (χ0n) is 10.1. The molecule has 1 aromatic rings. The number of unbranched alkanes of at least 4 members (excludes halogenated alkanes) is 2. The summed E-state index contributed by atoms with van der Waals surface area (Å²) < 4.78 is 10.3. The minimum Gasteiger partial charge on any atom is -0.380 e. The highest BCUT2D eigenvalue weighted by Gasteiger charge is 2.13. The van der Waals surface area contributed by atoms with Crippen molar-refractivity contribution in [2.24, 2.45) is 5.73 Å². The van der Waals surface area contributed by atoms with Crippen molar-refractivity contribution in [3.63, 3.8) is 0 Å². The average Bonchev–Trinajstić information content (AvgIpc) is 2.75. The maximum Gasteiger partial charge on any atom is 0.226 e. The number of hydrogen-bond donors (Lipinski definition) is 1. The Hall–Kier alpha value is -0.940. The first-order valence-corrected chi connectivity index (χ1v) is 5.93. The molecule has 0 aliphatic carbocycles. The summed E-state index contributed by atoms with van der Waals surface area (Å²) in [6.45, 7) is 5.18. The molecule has 0 aliphatic heterocycles. The Morgan fingerprint density at radius 3 is 2.88 bits per heavy atom. The van der Waals surface area contributed by atoms with Gasteiger partial charge in [0.1, 0.15) is 0 Å². The third kappa shape index (κ3) is 4.28. The lowest BCUT2D eigenvalue weighted by molar-refractivity contribution is 0.130. The van der Waals surface area contributed by atoms with Gasteiger partial charge in [-0.15, -0.1) is 0 Å². The van der Waals surface area contributed by atoms with E-state index in [1.807, 2.05) is 6.92 Å². The lowest BCUT2D eigenvalue weighted by Crippen LogP contribution is -2.18. The molecule has 2 N–H and O–H groups in total. The molecule has 1 rings (SSSR count). The molecular formula is C11H21N3O2. The molecule has 1 atom stereocenters. The zero-order chi connectivity index (χ0) is 11.8. The van der Waals surface area contributed by atoms with E-state index in [1.165, 1.54) is 12.8 Å². The fraction of sp³-hybridized carbons (Fsp3) is 0.818. The first-order valence-electron chi connectivity index (χ1n) is 5.93. The molecule has 0 bridgehead atoms. The maximum absolute atomic E-state index is 5.84. The van der Waals surface area contributed by atoms with E-state index < -0.39 is 0 Å². The van der Waals surface area contributed by atoms with Crippen LogP contribution in [-0.4, -0.2) is 23.4 Å². The summed E-state index contributed by atoms with van der Waals surface area (Å²) in [5.41, 5.74) is 5.84. The van der Waals surface area contributed by atoms with Gasteiger partial charge in [0, 0.05) is 13.0 Å². The Morgan fingerprint density at radius 1 is 1.38 bits per heavy atom. The topological polar surface area (TPSA) is 74.2 Å². The molecule has 1 aromatic heterocycles. The van der Waals surface area contributed by atoms with Crippen molar-refractivity contribution < 1.29 is 9.26 Å². The second kappa shape index (κ2) is 7.35. The van der Waals surface area contributed by atoms with E-state index in [2.05, 4.69) is 17.1 Å². The van der Waals surface area contributed by atoms with Crippen LogP contribution in [0, 0.1) is 0 Å². The van der Waals surface area contributed by atoms with E-state index in [1.54, 1.807) is 0 Å². The number of aryl methyl sites for hydroxylation is 1. The van der Waals surface area contributed by atoms with Gasteiger partial charge in [0.2, 0.25) is 5.89 Å². The van der Waals surface area contributed by atoms with E-state index in [0.717, 1.165) is 12.8 Å². The Labute approximate surface area is 96.4 Å². The highest BCUT2D eigenvalue weighted by atomic mass is 16.5. The first kappa shape index (κ1) is 13.1. The molecule has 0 saturated carbocycles. The highest BCUT2D eigenvalue weighted by Crippen LogP contribution is 2.09. The number of ether oxygens (including phenoxy) is 1. The number of nitrogens with two attached hydrogens (primary N) is 1. The Bertz CT molecular complexity index is 289. The summed E-state index contributed by atoms with van der Waals surface area (Å²) >= 11 is 0. The van der Waals surface area contributed by atoms with Crippen molar-refractivity contribution in [2.45, 2.75) is 45.6 Å². The molecule has 1 heterocycles. The van der Waals surface area contributed by atoms with Crippen LogP contribution in [0.2, 0.25) is 0 Å². The number of nitrogens with zero attached hydrogens (tertiary/aromatic N) is 2. The molecule has 16 heavy (non-hydrogen) atoms. The fourth-order valence-corrected chi connectivity index (χ4v) is 1.37. The van der Waals surface area contributed by atoms with Gasteiger partial charge < -0.3 is 15.0 Å². The lowest BCUT2D eigenvalue weighted by atomic mass is 10.2. The van der Waals surface area contributed by atoms with Crippen LogP contribution in [-0.2, 0) is 11.2 Å². The minimum absolute atomic E-state index is 0.288. The van der Waals surface area contributed by atoms with Crippen LogP contribution < -0.4 is 5.73 Å². The second-order valence-electron chi connectivity index (χ2n) is 3.77. The van der Waals surface area contributed by atoms with Crippen LogP contribution in [0.25, 0.3) is 0 Å². The zero-order valence-corrected chi connectivity index (χ0v) is 10.1. The summed E-state index contributed by atoms with van der Waals surface area (Å²) in [5, 5.41) is 3.86. The van der Waals surface area contributed by atoms with Gasteiger partial charge in [0.05, 0.1) is 12.6 Å². The number of rotatable bonds is 8. The molecule has 1 unspecified atom stereocenters. The molecule has 5 nitrogen and oxygen atoms in total. The summed E-state index contributed by atoms with van der Waals surface area (Å²) in [5.74, 6) is 1.22.